The molecule has 0 radical (unpaired) electrons. The van der Waals surface area contributed by atoms with Gasteiger partial charge in [0.15, 0.2) is 0 Å². The summed E-state index contributed by atoms with van der Waals surface area (Å²) >= 11 is 0. The Morgan fingerprint density at radius 1 is 1.12 bits per heavy atom. The van der Waals surface area contributed by atoms with Gasteiger partial charge in [0.05, 0.1) is 0 Å². The Kier molecular flexibility index (Phi) is 6.50. The molecule has 1 aliphatic heterocycles. The molecule has 0 aromatic rings. The zero-order valence-electron chi connectivity index (χ0n) is 12.6. The second-order valence-electron chi connectivity index (χ2n) is 6.29. The third-order valence-electron chi connectivity index (χ3n) is 4.38. The van der Waals surface area contributed by atoms with Gasteiger partial charge in [-0.15, -0.1) is 0 Å². The van der Waals surface area contributed by atoms with Gasteiger partial charge in [0.2, 0.25) is 0 Å². The minimum Gasteiger partial charge on any atom is -0.304 e. The van der Waals surface area contributed by atoms with Crippen LogP contribution < -0.4 is 0 Å². The van der Waals surface area contributed by atoms with Crippen LogP contribution in [-0.2, 0) is 0 Å². The summed E-state index contributed by atoms with van der Waals surface area (Å²) in [6, 6.07) is 1.43. The van der Waals surface area contributed by atoms with E-state index < -0.39 is 0 Å². The van der Waals surface area contributed by atoms with Crippen LogP contribution in [-0.4, -0.2) is 48.6 Å². The molecular formula is C15H32N2. The van der Waals surface area contributed by atoms with Crippen molar-refractivity contribution in [3.63, 3.8) is 0 Å². The highest BCUT2D eigenvalue weighted by molar-refractivity contribution is 4.74. The van der Waals surface area contributed by atoms with E-state index in [1.54, 1.807) is 0 Å². The van der Waals surface area contributed by atoms with Gasteiger partial charge < -0.3 is 9.80 Å². The van der Waals surface area contributed by atoms with Crippen molar-refractivity contribution in [3.05, 3.63) is 0 Å². The van der Waals surface area contributed by atoms with E-state index in [-0.39, 0.29) is 0 Å². The number of piperidine rings is 1. The first-order chi connectivity index (χ1) is 8.00. The van der Waals surface area contributed by atoms with Gasteiger partial charge in [-0.05, 0) is 86.0 Å². The van der Waals surface area contributed by atoms with Crippen molar-refractivity contribution < 1.29 is 0 Å². The fourth-order valence-electron chi connectivity index (χ4n) is 2.65. The summed E-state index contributed by atoms with van der Waals surface area (Å²) in [6.07, 6.45) is 5.65. The number of nitrogens with zero attached hydrogens (tertiary/aromatic N) is 2. The van der Waals surface area contributed by atoms with Crippen LogP contribution in [0.3, 0.4) is 0 Å². The van der Waals surface area contributed by atoms with Crippen LogP contribution in [0.15, 0.2) is 0 Å². The molecule has 1 saturated heterocycles. The van der Waals surface area contributed by atoms with Crippen LogP contribution in [0.1, 0.15) is 53.4 Å². The van der Waals surface area contributed by atoms with Crippen molar-refractivity contribution in [1.82, 2.24) is 9.80 Å². The van der Waals surface area contributed by atoms with Crippen LogP contribution in [0.4, 0.5) is 0 Å². The molecule has 1 rings (SSSR count). The third kappa shape index (κ3) is 5.39. The van der Waals surface area contributed by atoms with Gasteiger partial charge in [-0.2, -0.15) is 0 Å². The third-order valence-corrected chi connectivity index (χ3v) is 4.38. The van der Waals surface area contributed by atoms with E-state index in [0.29, 0.717) is 6.04 Å². The quantitative estimate of drug-likeness (QED) is 0.703. The summed E-state index contributed by atoms with van der Waals surface area (Å²) in [5.41, 5.74) is 0. The molecule has 0 spiro atoms. The predicted octanol–water partition coefficient (Wildman–Crippen LogP) is 3.23. The topological polar surface area (TPSA) is 6.48 Å². The molecule has 1 aliphatic rings. The maximum Gasteiger partial charge on any atom is 0.00385 e. The number of rotatable bonds is 6. The maximum atomic E-state index is 2.62. The molecule has 2 nitrogen and oxygen atoms in total. The largest absolute Gasteiger partial charge is 0.304 e. The summed E-state index contributed by atoms with van der Waals surface area (Å²) in [4.78, 5) is 5.08. The highest BCUT2D eigenvalue weighted by Gasteiger charge is 2.20. The van der Waals surface area contributed by atoms with Crippen LogP contribution in [0, 0.1) is 5.92 Å². The molecule has 0 unspecified atom stereocenters. The smallest absolute Gasteiger partial charge is 0.00385 e. The van der Waals surface area contributed by atoms with Crippen LogP contribution >= 0.6 is 0 Å². The molecule has 0 bridgehead atoms. The molecule has 0 N–H and O–H groups in total. The first-order valence-electron chi connectivity index (χ1n) is 7.45. The van der Waals surface area contributed by atoms with E-state index in [9.17, 15) is 0 Å². The standard InChI is InChI=1S/C15H32N2/c1-13(2)16(5)10-6-7-15-8-11-17(12-9-15)14(3)4/h13-15H,6-12H2,1-5H3. The molecule has 0 atom stereocenters. The van der Waals surface area contributed by atoms with E-state index in [1.165, 1.54) is 45.3 Å². The second kappa shape index (κ2) is 7.38. The average molecular weight is 240 g/mol. The molecule has 2 heteroatoms. The van der Waals surface area contributed by atoms with Crippen molar-refractivity contribution in [1.29, 1.82) is 0 Å². The zero-order chi connectivity index (χ0) is 12.8. The van der Waals surface area contributed by atoms with E-state index in [2.05, 4.69) is 44.5 Å². The van der Waals surface area contributed by atoms with Gasteiger partial charge in [-0.3, -0.25) is 0 Å². The van der Waals surface area contributed by atoms with Gasteiger partial charge in [0.1, 0.15) is 0 Å². The van der Waals surface area contributed by atoms with Crippen molar-refractivity contribution in [2.75, 3.05) is 26.7 Å². The van der Waals surface area contributed by atoms with E-state index >= 15 is 0 Å². The van der Waals surface area contributed by atoms with E-state index in [0.717, 1.165) is 12.0 Å². The Morgan fingerprint density at radius 3 is 2.18 bits per heavy atom. The van der Waals surface area contributed by atoms with E-state index in [4.69, 9.17) is 0 Å². The normalized spacial score (nSPS) is 19.8. The van der Waals surface area contributed by atoms with Crippen molar-refractivity contribution in [3.8, 4) is 0 Å². The van der Waals surface area contributed by atoms with Gasteiger partial charge >= 0.3 is 0 Å². The first-order valence-corrected chi connectivity index (χ1v) is 7.45. The zero-order valence-corrected chi connectivity index (χ0v) is 12.6. The maximum absolute atomic E-state index is 2.62. The van der Waals surface area contributed by atoms with E-state index in [1.807, 2.05) is 0 Å². The van der Waals surface area contributed by atoms with Gasteiger partial charge in [-0.1, -0.05) is 0 Å². The summed E-state index contributed by atoms with van der Waals surface area (Å²) in [5.74, 6) is 0.991. The Morgan fingerprint density at radius 2 is 1.71 bits per heavy atom. The summed E-state index contributed by atoms with van der Waals surface area (Å²) in [6.45, 7) is 13.1. The Balaban J connectivity index is 2.10. The Hall–Kier alpha value is -0.0800. The lowest BCUT2D eigenvalue weighted by Crippen LogP contribution is -2.38. The molecule has 0 aromatic heterocycles. The molecule has 0 amide bonds. The molecule has 1 heterocycles. The molecule has 0 saturated carbocycles. The fourth-order valence-corrected chi connectivity index (χ4v) is 2.65. The van der Waals surface area contributed by atoms with Crippen molar-refractivity contribution >= 4 is 0 Å². The Bertz CT molecular complexity index is 193. The summed E-state index contributed by atoms with van der Waals surface area (Å²) < 4.78 is 0. The summed E-state index contributed by atoms with van der Waals surface area (Å²) in [5, 5.41) is 0. The minimum absolute atomic E-state index is 0.692. The molecule has 17 heavy (non-hydrogen) atoms. The number of hydrogen-bond acceptors (Lipinski definition) is 2. The van der Waals surface area contributed by atoms with Crippen LogP contribution in [0.2, 0.25) is 0 Å². The van der Waals surface area contributed by atoms with Crippen LogP contribution in [0.25, 0.3) is 0 Å². The van der Waals surface area contributed by atoms with Gasteiger partial charge in [-0.25, -0.2) is 0 Å². The van der Waals surface area contributed by atoms with Crippen molar-refractivity contribution in [2.45, 2.75) is 65.5 Å². The molecule has 0 aromatic carbocycles. The molecular weight excluding hydrogens is 208 g/mol. The molecule has 102 valence electrons. The number of likely N-dealkylation sites (tertiary alicyclic amines) is 1. The monoisotopic (exact) mass is 240 g/mol. The second-order valence-corrected chi connectivity index (χ2v) is 6.29. The van der Waals surface area contributed by atoms with Crippen LogP contribution in [0.5, 0.6) is 0 Å². The van der Waals surface area contributed by atoms with Gasteiger partial charge in [0.25, 0.3) is 0 Å². The SMILES string of the molecule is CC(C)N(C)CCCC1CCN(C(C)C)CC1. The lowest BCUT2D eigenvalue weighted by Gasteiger charge is -2.34. The lowest BCUT2D eigenvalue weighted by atomic mass is 9.91. The number of hydrogen-bond donors (Lipinski definition) is 0. The highest BCUT2D eigenvalue weighted by atomic mass is 15.1. The molecule has 0 aliphatic carbocycles. The molecule has 1 fully saturated rings. The fraction of sp³-hybridized carbons (Fsp3) is 1.00. The summed E-state index contributed by atoms with van der Waals surface area (Å²) in [7, 11) is 2.24. The first kappa shape index (κ1) is 15.0. The minimum atomic E-state index is 0.692. The van der Waals surface area contributed by atoms with Crippen molar-refractivity contribution in [2.24, 2.45) is 5.92 Å². The predicted molar refractivity (Wildman–Crippen MR) is 76.4 cm³/mol. The average Bonchev–Trinajstić information content (AvgIpc) is 2.29. The van der Waals surface area contributed by atoms with Gasteiger partial charge in [0, 0.05) is 12.1 Å². The lowest BCUT2D eigenvalue weighted by molar-refractivity contribution is 0.141. The Labute approximate surface area is 108 Å². The highest BCUT2D eigenvalue weighted by Crippen LogP contribution is 2.23.